The van der Waals surface area contributed by atoms with Crippen LogP contribution in [0.2, 0.25) is 5.02 Å². The van der Waals surface area contributed by atoms with Crippen molar-refractivity contribution in [2.45, 2.75) is 12.2 Å². The van der Waals surface area contributed by atoms with Gasteiger partial charge in [0.2, 0.25) is 0 Å². The van der Waals surface area contributed by atoms with Gasteiger partial charge in [0, 0.05) is 37.4 Å². The fourth-order valence-corrected chi connectivity index (χ4v) is 4.29. The van der Waals surface area contributed by atoms with Gasteiger partial charge in [-0.1, -0.05) is 27.5 Å². The molecule has 34 heavy (non-hydrogen) atoms. The molecule has 0 spiro atoms. The first-order chi connectivity index (χ1) is 15.8. The fraction of sp³-hybridized carbons (Fsp3) is 0.0909. The lowest BCUT2D eigenvalue weighted by Gasteiger charge is -2.18. The highest BCUT2D eigenvalue weighted by molar-refractivity contribution is 9.10. The van der Waals surface area contributed by atoms with E-state index in [0.717, 1.165) is 12.1 Å². The van der Waals surface area contributed by atoms with Crippen LogP contribution in [0.5, 0.6) is 0 Å². The third kappa shape index (κ3) is 4.49. The van der Waals surface area contributed by atoms with Gasteiger partial charge in [0.25, 0.3) is 11.8 Å². The quantitative estimate of drug-likeness (QED) is 0.278. The molecule has 0 unspecified atom stereocenters. The molecule has 1 aliphatic heterocycles. The van der Waals surface area contributed by atoms with E-state index in [-0.39, 0.29) is 33.5 Å². The van der Waals surface area contributed by atoms with E-state index in [1.807, 2.05) is 0 Å². The van der Waals surface area contributed by atoms with Crippen molar-refractivity contribution in [3.63, 3.8) is 0 Å². The van der Waals surface area contributed by atoms with E-state index >= 15 is 0 Å². The largest absolute Gasteiger partial charge is 0.416 e. The van der Waals surface area contributed by atoms with E-state index in [1.165, 1.54) is 12.1 Å². The Morgan fingerprint density at radius 3 is 2.35 bits per heavy atom. The molecule has 176 valence electrons. The topological polar surface area (TPSA) is 58.2 Å². The minimum absolute atomic E-state index is 0.0180. The van der Waals surface area contributed by atoms with Crippen LogP contribution in [0.25, 0.3) is 0 Å². The summed E-state index contributed by atoms with van der Waals surface area (Å²) >= 11 is 9.23. The maximum Gasteiger partial charge on any atom is 0.416 e. The lowest BCUT2D eigenvalue weighted by Crippen LogP contribution is -2.21. The van der Waals surface area contributed by atoms with Crippen LogP contribution in [0.3, 0.4) is 0 Å². The Kier molecular flexibility index (Phi) is 6.11. The minimum Gasteiger partial charge on any atom is -0.341 e. The molecule has 4 nitrogen and oxygen atoms in total. The summed E-state index contributed by atoms with van der Waals surface area (Å²) in [6.07, 6.45) is -4.89. The molecular weight excluding hydrogens is 554 g/mol. The molecule has 0 saturated carbocycles. The normalized spacial score (nSPS) is 15.2. The molecule has 2 amide bonds. The average Bonchev–Trinajstić information content (AvgIpc) is 3.06. The molecule has 3 aromatic carbocycles. The first-order valence-corrected chi connectivity index (χ1v) is 10.5. The molecule has 3 aromatic rings. The van der Waals surface area contributed by atoms with Crippen LogP contribution in [0, 0.1) is 17.5 Å². The van der Waals surface area contributed by atoms with Crippen molar-refractivity contribution in [3.8, 4) is 0 Å². The Bertz CT molecular complexity index is 1360. The highest BCUT2D eigenvalue weighted by atomic mass is 79.9. The molecule has 4 rings (SSSR count). The summed E-state index contributed by atoms with van der Waals surface area (Å²) in [5.74, 6) is -5.44. The molecule has 12 heteroatoms. The van der Waals surface area contributed by atoms with Gasteiger partial charge >= 0.3 is 6.18 Å². The van der Waals surface area contributed by atoms with Crippen LogP contribution >= 0.6 is 27.5 Å². The summed E-state index contributed by atoms with van der Waals surface area (Å²) in [5, 5.41) is 4.70. The van der Waals surface area contributed by atoms with Crippen molar-refractivity contribution in [2.75, 3.05) is 5.32 Å². The zero-order valence-electron chi connectivity index (χ0n) is 16.5. The van der Waals surface area contributed by atoms with Crippen molar-refractivity contribution in [3.05, 3.63) is 97.2 Å². The number of carbonyl (C=O) groups is 2. The molecule has 1 heterocycles. The number of nitrogens with one attached hydrogen (secondary N) is 2. The Hall–Kier alpha value is -3.05. The lowest BCUT2D eigenvalue weighted by molar-refractivity contribution is -0.137. The first kappa shape index (κ1) is 24.1. The second-order valence-corrected chi connectivity index (χ2v) is 8.61. The minimum atomic E-state index is -4.89. The van der Waals surface area contributed by atoms with E-state index in [4.69, 9.17) is 11.6 Å². The summed E-state index contributed by atoms with van der Waals surface area (Å²) in [6.45, 7) is 0. The van der Waals surface area contributed by atoms with Crippen LogP contribution in [0.4, 0.5) is 32.0 Å². The molecule has 1 aliphatic rings. The molecule has 0 radical (unpaired) electrons. The molecular formula is C22H10BrClF6N2O2. The van der Waals surface area contributed by atoms with Crippen LogP contribution in [-0.4, -0.2) is 11.8 Å². The smallest absolute Gasteiger partial charge is 0.341 e. The predicted molar refractivity (Wildman–Crippen MR) is 114 cm³/mol. The zero-order chi connectivity index (χ0) is 24.9. The van der Waals surface area contributed by atoms with Gasteiger partial charge in [0.15, 0.2) is 11.6 Å². The van der Waals surface area contributed by atoms with Gasteiger partial charge in [-0.15, -0.1) is 0 Å². The fourth-order valence-electron chi connectivity index (χ4n) is 3.57. The van der Waals surface area contributed by atoms with E-state index < -0.39 is 52.6 Å². The second-order valence-electron chi connectivity index (χ2n) is 7.29. The van der Waals surface area contributed by atoms with Gasteiger partial charge in [0.05, 0.1) is 11.6 Å². The van der Waals surface area contributed by atoms with Crippen molar-refractivity contribution in [2.24, 2.45) is 0 Å². The standard InChI is InChI=1S/C22H10BrClF6N2O2/c23-10-4-13-18(19(32-21(13)34)12-6-15(26)16(27)7-14(12)24)17(5-10)31-20(33)8-1-9(22(28,29)30)3-11(25)2-8/h1-7,19H,(H,31,33)(H,32,34)/t19-/m1/s1. The van der Waals surface area contributed by atoms with Crippen LogP contribution in [0.1, 0.15) is 43.4 Å². The maximum absolute atomic E-state index is 13.9. The van der Waals surface area contributed by atoms with Gasteiger partial charge in [-0.25, -0.2) is 13.2 Å². The average molecular weight is 564 g/mol. The van der Waals surface area contributed by atoms with Gasteiger partial charge in [-0.05, 0) is 42.5 Å². The second kappa shape index (κ2) is 8.62. The molecule has 0 saturated heterocycles. The first-order valence-electron chi connectivity index (χ1n) is 9.33. The van der Waals surface area contributed by atoms with Crippen LogP contribution in [0.15, 0.2) is 46.9 Å². The van der Waals surface area contributed by atoms with Gasteiger partial charge in [-0.3, -0.25) is 9.59 Å². The Balaban J connectivity index is 1.79. The van der Waals surface area contributed by atoms with E-state index in [2.05, 4.69) is 26.6 Å². The van der Waals surface area contributed by atoms with Gasteiger partial charge in [-0.2, -0.15) is 13.2 Å². The third-order valence-corrected chi connectivity index (χ3v) is 5.82. The number of hydrogen-bond donors (Lipinski definition) is 2. The summed E-state index contributed by atoms with van der Waals surface area (Å²) < 4.78 is 80.6. The summed E-state index contributed by atoms with van der Waals surface area (Å²) in [4.78, 5) is 25.3. The molecule has 1 atom stereocenters. The maximum atomic E-state index is 13.9. The van der Waals surface area contributed by atoms with Crippen LogP contribution in [-0.2, 0) is 6.18 Å². The molecule has 2 N–H and O–H groups in total. The molecule has 0 bridgehead atoms. The third-order valence-electron chi connectivity index (χ3n) is 5.04. The van der Waals surface area contributed by atoms with Gasteiger partial charge < -0.3 is 10.6 Å². The number of halogens is 8. The number of rotatable bonds is 3. The number of benzene rings is 3. The molecule has 0 fully saturated rings. The van der Waals surface area contributed by atoms with E-state index in [0.29, 0.717) is 16.6 Å². The number of carbonyl (C=O) groups excluding carboxylic acids is 2. The predicted octanol–water partition coefficient (Wildman–Crippen LogP) is 6.62. The Labute approximate surface area is 201 Å². The van der Waals surface area contributed by atoms with Crippen LogP contribution < -0.4 is 10.6 Å². The lowest BCUT2D eigenvalue weighted by atomic mass is 9.96. The van der Waals surface area contributed by atoms with Crippen molar-refractivity contribution < 1.29 is 35.9 Å². The summed E-state index contributed by atoms with van der Waals surface area (Å²) in [7, 11) is 0. The number of fused-ring (bicyclic) bond motifs is 1. The van der Waals surface area contributed by atoms with Crippen molar-refractivity contribution in [1.82, 2.24) is 5.32 Å². The Morgan fingerprint density at radius 2 is 1.68 bits per heavy atom. The number of hydrogen-bond acceptors (Lipinski definition) is 2. The molecule has 0 aromatic heterocycles. The van der Waals surface area contributed by atoms with E-state index in [1.54, 1.807) is 0 Å². The number of anilines is 1. The summed E-state index contributed by atoms with van der Waals surface area (Å²) in [5.41, 5.74) is -1.89. The highest BCUT2D eigenvalue weighted by Crippen LogP contribution is 2.41. The number of alkyl halides is 3. The van der Waals surface area contributed by atoms with E-state index in [9.17, 15) is 35.9 Å². The zero-order valence-corrected chi connectivity index (χ0v) is 18.8. The SMILES string of the molecule is O=C(Nc1cc(Br)cc2c1[C@@H](c1cc(F)c(F)cc1Cl)NC2=O)c1cc(F)cc(C(F)(F)F)c1. The number of amides is 2. The Morgan fingerprint density at radius 1 is 1.00 bits per heavy atom. The summed E-state index contributed by atoms with van der Waals surface area (Å²) in [6, 6.07) is 4.48. The molecule has 0 aliphatic carbocycles. The van der Waals surface area contributed by atoms with Crippen molar-refractivity contribution in [1.29, 1.82) is 0 Å². The highest BCUT2D eigenvalue weighted by Gasteiger charge is 2.36. The van der Waals surface area contributed by atoms with Crippen molar-refractivity contribution >= 4 is 45.0 Å². The van der Waals surface area contributed by atoms with Gasteiger partial charge in [0.1, 0.15) is 5.82 Å². The monoisotopic (exact) mass is 562 g/mol.